The number of rotatable bonds is 9. The Balaban J connectivity index is 1.74. The maximum Gasteiger partial charge on any atom is 0.349 e. The first-order chi connectivity index (χ1) is 14.0. The van der Waals surface area contributed by atoms with Crippen LogP contribution in [0.1, 0.15) is 11.1 Å². The van der Waals surface area contributed by atoms with E-state index < -0.39 is 18.5 Å². The fraction of sp³-hybridized carbons (Fsp3) is 0.227. The van der Waals surface area contributed by atoms with Crippen LogP contribution in [-0.2, 0) is 14.3 Å². The number of carbonyl (C=O) groups excluding carboxylic acids is 2. The first-order valence-electron chi connectivity index (χ1n) is 8.91. The number of aryl methyl sites for hydroxylation is 1. The number of hydrogen-bond donors (Lipinski definition) is 1. The number of esters is 1. The summed E-state index contributed by atoms with van der Waals surface area (Å²) in [5, 5.41) is 11.9. The molecule has 0 bridgehead atoms. The highest BCUT2D eigenvalue weighted by Crippen LogP contribution is 2.17. The highest BCUT2D eigenvalue weighted by Gasteiger charge is 2.13. The summed E-state index contributed by atoms with van der Waals surface area (Å²) >= 11 is 1.62. The molecule has 0 aliphatic rings. The van der Waals surface area contributed by atoms with Crippen molar-refractivity contribution in [3.8, 4) is 11.8 Å². The van der Waals surface area contributed by atoms with Crippen LogP contribution in [0.3, 0.4) is 0 Å². The number of amides is 1. The number of carbonyl (C=O) groups is 2. The van der Waals surface area contributed by atoms with Gasteiger partial charge in [0.25, 0.3) is 5.91 Å². The van der Waals surface area contributed by atoms with Crippen LogP contribution in [0, 0.1) is 18.3 Å². The van der Waals surface area contributed by atoms with Crippen molar-refractivity contribution >= 4 is 29.7 Å². The highest BCUT2D eigenvalue weighted by atomic mass is 32.2. The van der Waals surface area contributed by atoms with E-state index in [1.54, 1.807) is 49.2 Å². The summed E-state index contributed by atoms with van der Waals surface area (Å²) in [6.07, 6.45) is 1.40. The Kier molecular flexibility index (Phi) is 8.80. The maximum absolute atomic E-state index is 12.0. The van der Waals surface area contributed by atoms with Crippen molar-refractivity contribution in [3.05, 3.63) is 65.2 Å². The monoisotopic (exact) mass is 410 g/mol. The molecule has 2 rings (SSSR count). The fourth-order valence-corrected chi connectivity index (χ4v) is 3.03. The molecule has 0 aliphatic heterocycles. The second kappa shape index (κ2) is 11.6. The van der Waals surface area contributed by atoms with Crippen molar-refractivity contribution in [3.63, 3.8) is 0 Å². The third-order valence-corrected chi connectivity index (χ3v) is 4.83. The van der Waals surface area contributed by atoms with E-state index in [-0.39, 0.29) is 5.57 Å². The number of hydrogen-bond acceptors (Lipinski definition) is 6. The molecule has 0 unspecified atom stereocenters. The molecule has 1 N–H and O–H groups in total. The summed E-state index contributed by atoms with van der Waals surface area (Å²) in [7, 11) is 1.55. The number of nitrogens with one attached hydrogen (secondary N) is 1. The Morgan fingerprint density at radius 2 is 1.83 bits per heavy atom. The molecular formula is C22H22N2O4S. The molecular weight excluding hydrogens is 388 g/mol. The van der Waals surface area contributed by atoms with Crippen LogP contribution >= 0.6 is 11.8 Å². The van der Waals surface area contributed by atoms with Gasteiger partial charge in [-0.3, -0.25) is 4.79 Å². The Labute approximate surface area is 174 Å². The summed E-state index contributed by atoms with van der Waals surface area (Å²) in [6.45, 7) is 2.04. The molecule has 1 amide bonds. The predicted molar refractivity (Wildman–Crippen MR) is 112 cm³/mol. The summed E-state index contributed by atoms with van der Waals surface area (Å²) in [5.74, 6) is 0.112. The van der Waals surface area contributed by atoms with Gasteiger partial charge in [0.15, 0.2) is 6.61 Å². The molecule has 0 spiro atoms. The van der Waals surface area contributed by atoms with Gasteiger partial charge in [0.1, 0.15) is 17.4 Å². The summed E-state index contributed by atoms with van der Waals surface area (Å²) in [5.41, 5.74) is 1.66. The molecule has 0 aromatic heterocycles. The third kappa shape index (κ3) is 7.72. The van der Waals surface area contributed by atoms with Gasteiger partial charge in [-0.15, -0.1) is 11.8 Å². The number of methoxy groups -OCH3 is 1. The van der Waals surface area contributed by atoms with Crippen LogP contribution in [0.2, 0.25) is 0 Å². The van der Waals surface area contributed by atoms with Crippen molar-refractivity contribution < 1.29 is 19.1 Å². The second-order valence-electron chi connectivity index (χ2n) is 6.03. The van der Waals surface area contributed by atoms with Crippen LogP contribution in [0.25, 0.3) is 6.08 Å². The van der Waals surface area contributed by atoms with Gasteiger partial charge < -0.3 is 14.8 Å². The molecule has 0 aliphatic carbocycles. The predicted octanol–water partition coefficient (Wildman–Crippen LogP) is 3.36. The van der Waals surface area contributed by atoms with Gasteiger partial charge >= 0.3 is 5.97 Å². The fourth-order valence-electron chi connectivity index (χ4n) is 2.26. The van der Waals surface area contributed by atoms with Gasteiger partial charge in [-0.2, -0.15) is 5.26 Å². The maximum atomic E-state index is 12.0. The van der Waals surface area contributed by atoms with E-state index in [9.17, 15) is 14.9 Å². The molecule has 7 heteroatoms. The van der Waals surface area contributed by atoms with E-state index in [2.05, 4.69) is 5.32 Å². The Bertz CT molecular complexity index is 900. The van der Waals surface area contributed by atoms with Crippen molar-refractivity contribution in [1.29, 1.82) is 5.26 Å². The van der Waals surface area contributed by atoms with Crippen LogP contribution < -0.4 is 10.1 Å². The Hall–Kier alpha value is -3.24. The first-order valence-corrected chi connectivity index (χ1v) is 9.89. The van der Waals surface area contributed by atoms with E-state index in [0.717, 1.165) is 4.90 Å². The van der Waals surface area contributed by atoms with E-state index >= 15 is 0 Å². The lowest BCUT2D eigenvalue weighted by Gasteiger charge is -2.06. The van der Waals surface area contributed by atoms with E-state index in [4.69, 9.17) is 9.47 Å². The van der Waals surface area contributed by atoms with Crippen molar-refractivity contribution in [1.82, 2.24) is 5.32 Å². The number of nitriles is 1. The minimum atomic E-state index is -0.840. The van der Waals surface area contributed by atoms with Crippen LogP contribution in [0.4, 0.5) is 0 Å². The summed E-state index contributed by atoms with van der Waals surface area (Å²) in [6, 6.07) is 16.8. The molecule has 0 saturated heterocycles. The average molecular weight is 410 g/mol. The lowest BCUT2D eigenvalue weighted by Crippen LogP contribution is -2.30. The number of benzene rings is 2. The molecule has 0 radical (unpaired) electrons. The van der Waals surface area contributed by atoms with Gasteiger partial charge in [-0.05, 0) is 42.8 Å². The minimum Gasteiger partial charge on any atom is -0.497 e. The summed E-state index contributed by atoms with van der Waals surface area (Å²) < 4.78 is 9.99. The molecule has 2 aromatic rings. The van der Waals surface area contributed by atoms with Gasteiger partial charge in [-0.25, -0.2) is 4.79 Å². The largest absolute Gasteiger partial charge is 0.497 e. The molecule has 6 nitrogen and oxygen atoms in total. The Morgan fingerprint density at radius 3 is 2.45 bits per heavy atom. The lowest BCUT2D eigenvalue weighted by molar-refractivity contribution is -0.144. The van der Waals surface area contributed by atoms with E-state index in [0.29, 0.717) is 23.6 Å². The SMILES string of the molecule is COc1ccc(/C=C(\C#N)C(=O)OCC(=O)NCCSc2ccc(C)cc2)cc1. The zero-order valence-corrected chi connectivity index (χ0v) is 17.1. The van der Waals surface area contributed by atoms with Gasteiger partial charge in [0.05, 0.1) is 7.11 Å². The van der Waals surface area contributed by atoms with Gasteiger partial charge in [-0.1, -0.05) is 29.8 Å². The summed E-state index contributed by atoms with van der Waals surface area (Å²) in [4.78, 5) is 25.0. The second-order valence-corrected chi connectivity index (χ2v) is 7.20. The average Bonchev–Trinajstić information content (AvgIpc) is 2.75. The lowest BCUT2D eigenvalue weighted by atomic mass is 10.1. The molecule has 29 heavy (non-hydrogen) atoms. The minimum absolute atomic E-state index is 0.183. The quantitative estimate of drug-likeness (QED) is 0.224. The standard InChI is InChI=1S/C22H22N2O4S/c1-16-3-9-20(10-4-16)29-12-11-24-21(25)15-28-22(26)18(14-23)13-17-5-7-19(27-2)8-6-17/h3-10,13H,11-12,15H2,1-2H3,(H,24,25)/b18-13+. The van der Waals surface area contributed by atoms with Crippen LogP contribution in [0.15, 0.2) is 59.0 Å². The zero-order chi connectivity index (χ0) is 21.1. The Morgan fingerprint density at radius 1 is 1.14 bits per heavy atom. The number of thioether (sulfide) groups is 1. The third-order valence-electron chi connectivity index (χ3n) is 3.82. The zero-order valence-electron chi connectivity index (χ0n) is 16.3. The molecule has 0 fully saturated rings. The van der Waals surface area contributed by atoms with Crippen molar-refractivity contribution in [2.45, 2.75) is 11.8 Å². The number of ether oxygens (including phenoxy) is 2. The first kappa shape index (κ1) is 22.1. The highest BCUT2D eigenvalue weighted by molar-refractivity contribution is 7.99. The van der Waals surface area contributed by atoms with Crippen molar-refractivity contribution in [2.75, 3.05) is 26.0 Å². The van der Waals surface area contributed by atoms with Crippen molar-refractivity contribution in [2.24, 2.45) is 0 Å². The molecule has 0 saturated carbocycles. The number of nitrogens with zero attached hydrogens (tertiary/aromatic N) is 1. The van der Waals surface area contributed by atoms with E-state index in [1.165, 1.54) is 11.6 Å². The van der Waals surface area contributed by atoms with E-state index in [1.807, 2.05) is 31.2 Å². The smallest absolute Gasteiger partial charge is 0.349 e. The van der Waals surface area contributed by atoms with Crippen LogP contribution in [-0.4, -0.2) is 37.9 Å². The molecule has 2 aromatic carbocycles. The van der Waals surface area contributed by atoms with Crippen LogP contribution in [0.5, 0.6) is 5.75 Å². The molecule has 150 valence electrons. The van der Waals surface area contributed by atoms with Gasteiger partial charge in [0, 0.05) is 17.2 Å². The van der Waals surface area contributed by atoms with Gasteiger partial charge in [0.2, 0.25) is 0 Å². The molecule has 0 heterocycles. The topological polar surface area (TPSA) is 88.4 Å². The normalized spacial score (nSPS) is 10.7. The molecule has 0 atom stereocenters.